The molecule has 0 spiro atoms. The molecule has 0 unspecified atom stereocenters. The summed E-state index contributed by atoms with van der Waals surface area (Å²) in [4.78, 5) is 0. The van der Waals surface area contributed by atoms with Gasteiger partial charge in [-0.15, -0.1) is 0 Å². The zero-order valence-corrected chi connectivity index (χ0v) is 12.2. The maximum atomic E-state index is 8.55. The second kappa shape index (κ2) is 7.69. The quantitative estimate of drug-likeness (QED) is 0.709. The summed E-state index contributed by atoms with van der Waals surface area (Å²) in [5.41, 5.74) is 1.15. The van der Waals surface area contributed by atoms with Gasteiger partial charge in [-0.1, -0.05) is 0 Å². The van der Waals surface area contributed by atoms with Crippen molar-refractivity contribution < 1.29 is 19.3 Å². The smallest absolute Gasteiger partial charge is 0.231 e. The molecule has 0 saturated heterocycles. The first-order valence-electron chi connectivity index (χ1n) is 6.28. The van der Waals surface area contributed by atoms with Crippen LogP contribution < -0.4 is 14.8 Å². The Bertz CT molecular complexity index is 414. The summed E-state index contributed by atoms with van der Waals surface area (Å²) in [6.07, 6.45) is 0.922. The molecular formula is C13H18BrNO4. The van der Waals surface area contributed by atoms with Crippen molar-refractivity contribution in [3.8, 4) is 11.5 Å². The van der Waals surface area contributed by atoms with E-state index in [0.717, 1.165) is 41.0 Å². The Hall–Kier alpha value is -0.820. The molecular weight excluding hydrogens is 314 g/mol. The fourth-order valence-electron chi connectivity index (χ4n) is 1.82. The van der Waals surface area contributed by atoms with E-state index in [1.54, 1.807) is 0 Å². The average Bonchev–Trinajstić information content (AvgIpc) is 2.86. The van der Waals surface area contributed by atoms with Crippen molar-refractivity contribution >= 4 is 15.9 Å². The van der Waals surface area contributed by atoms with Crippen LogP contribution in [0.4, 0.5) is 0 Å². The Balaban J connectivity index is 1.70. The molecule has 0 bridgehead atoms. The highest BCUT2D eigenvalue weighted by Gasteiger charge is 2.17. The van der Waals surface area contributed by atoms with Crippen LogP contribution in [0, 0.1) is 0 Å². The molecule has 0 radical (unpaired) electrons. The van der Waals surface area contributed by atoms with Crippen molar-refractivity contribution in [2.24, 2.45) is 0 Å². The fourth-order valence-corrected chi connectivity index (χ4v) is 2.43. The van der Waals surface area contributed by atoms with Gasteiger partial charge in [0.2, 0.25) is 6.79 Å². The maximum absolute atomic E-state index is 8.55. The van der Waals surface area contributed by atoms with Gasteiger partial charge >= 0.3 is 0 Å². The van der Waals surface area contributed by atoms with Crippen molar-refractivity contribution in [2.75, 3.05) is 33.2 Å². The van der Waals surface area contributed by atoms with E-state index in [1.807, 2.05) is 12.1 Å². The number of hydrogen-bond donors (Lipinski definition) is 2. The predicted molar refractivity (Wildman–Crippen MR) is 74.5 cm³/mol. The first kappa shape index (κ1) is 14.6. The molecule has 0 aromatic heterocycles. The van der Waals surface area contributed by atoms with Crippen molar-refractivity contribution in [3.63, 3.8) is 0 Å². The third-order valence-corrected chi connectivity index (χ3v) is 3.28. The normalized spacial score (nSPS) is 12.9. The molecule has 0 aliphatic carbocycles. The van der Waals surface area contributed by atoms with E-state index >= 15 is 0 Å². The van der Waals surface area contributed by atoms with E-state index in [9.17, 15) is 0 Å². The Kier molecular flexibility index (Phi) is 5.91. The predicted octanol–water partition coefficient (Wildman–Crippen LogP) is 1.67. The van der Waals surface area contributed by atoms with Gasteiger partial charge in [0.15, 0.2) is 11.5 Å². The molecule has 106 valence electrons. The van der Waals surface area contributed by atoms with Crippen molar-refractivity contribution in [1.29, 1.82) is 0 Å². The summed E-state index contributed by atoms with van der Waals surface area (Å²) in [5.74, 6) is 1.57. The van der Waals surface area contributed by atoms with E-state index < -0.39 is 0 Å². The van der Waals surface area contributed by atoms with Crippen LogP contribution in [0.3, 0.4) is 0 Å². The van der Waals surface area contributed by atoms with Crippen molar-refractivity contribution in [3.05, 3.63) is 22.2 Å². The average molecular weight is 332 g/mol. The molecule has 1 aromatic carbocycles. The van der Waals surface area contributed by atoms with Crippen LogP contribution in [0.5, 0.6) is 11.5 Å². The molecule has 2 rings (SSSR count). The molecule has 1 aromatic rings. The van der Waals surface area contributed by atoms with Crippen LogP contribution in [0.2, 0.25) is 0 Å². The highest BCUT2D eigenvalue weighted by molar-refractivity contribution is 9.10. The number of benzene rings is 1. The lowest BCUT2D eigenvalue weighted by Gasteiger charge is -2.07. The topological polar surface area (TPSA) is 60.0 Å². The number of halogens is 1. The molecule has 0 fully saturated rings. The van der Waals surface area contributed by atoms with Crippen molar-refractivity contribution in [2.45, 2.75) is 13.0 Å². The lowest BCUT2D eigenvalue weighted by molar-refractivity contribution is 0.0907. The monoisotopic (exact) mass is 331 g/mol. The first-order chi connectivity index (χ1) is 9.31. The van der Waals surface area contributed by atoms with Crippen LogP contribution in [0.25, 0.3) is 0 Å². The highest BCUT2D eigenvalue weighted by atomic mass is 79.9. The Labute approximate surface area is 121 Å². The standard InChI is InChI=1S/C13H18BrNO4/c14-11-6-10(7-12-13(11)19-9-18-12)8-15-2-1-4-17-5-3-16/h6-7,15-16H,1-5,8-9H2. The van der Waals surface area contributed by atoms with Crippen LogP contribution in [0.15, 0.2) is 16.6 Å². The lowest BCUT2D eigenvalue weighted by Crippen LogP contribution is -2.16. The number of rotatable bonds is 8. The summed E-state index contributed by atoms with van der Waals surface area (Å²) in [6.45, 7) is 3.09. The van der Waals surface area contributed by atoms with E-state index in [1.165, 1.54) is 0 Å². The number of aliphatic hydroxyl groups excluding tert-OH is 1. The van der Waals surface area contributed by atoms with E-state index in [4.69, 9.17) is 19.3 Å². The number of hydrogen-bond acceptors (Lipinski definition) is 5. The zero-order chi connectivity index (χ0) is 13.5. The summed E-state index contributed by atoms with van der Waals surface area (Å²) in [5, 5.41) is 11.9. The minimum absolute atomic E-state index is 0.0820. The first-order valence-corrected chi connectivity index (χ1v) is 7.08. The second-order valence-electron chi connectivity index (χ2n) is 4.18. The zero-order valence-electron chi connectivity index (χ0n) is 10.7. The van der Waals surface area contributed by atoms with Gasteiger partial charge in [-0.3, -0.25) is 0 Å². The van der Waals surface area contributed by atoms with Gasteiger partial charge in [-0.2, -0.15) is 0 Å². The van der Waals surface area contributed by atoms with Gasteiger partial charge in [-0.25, -0.2) is 0 Å². The molecule has 0 amide bonds. The fraction of sp³-hybridized carbons (Fsp3) is 0.538. The van der Waals surface area contributed by atoms with E-state index in [-0.39, 0.29) is 13.4 Å². The maximum Gasteiger partial charge on any atom is 0.231 e. The van der Waals surface area contributed by atoms with Crippen LogP contribution >= 0.6 is 15.9 Å². The van der Waals surface area contributed by atoms with Crippen LogP contribution in [0.1, 0.15) is 12.0 Å². The Morgan fingerprint density at radius 3 is 3.05 bits per heavy atom. The van der Waals surface area contributed by atoms with Crippen molar-refractivity contribution in [1.82, 2.24) is 5.32 Å². The molecule has 5 nitrogen and oxygen atoms in total. The number of aliphatic hydroxyl groups is 1. The number of fused-ring (bicyclic) bond motifs is 1. The second-order valence-corrected chi connectivity index (χ2v) is 5.03. The molecule has 1 heterocycles. The van der Waals surface area contributed by atoms with E-state index in [0.29, 0.717) is 13.2 Å². The van der Waals surface area contributed by atoms with Gasteiger partial charge in [0.05, 0.1) is 17.7 Å². The van der Waals surface area contributed by atoms with Gasteiger partial charge in [0.25, 0.3) is 0 Å². The minimum Gasteiger partial charge on any atom is -0.454 e. The van der Waals surface area contributed by atoms with Gasteiger partial charge in [0, 0.05) is 13.2 Å². The van der Waals surface area contributed by atoms with Gasteiger partial charge in [0.1, 0.15) is 0 Å². The minimum atomic E-state index is 0.0820. The van der Waals surface area contributed by atoms with Gasteiger partial charge < -0.3 is 24.6 Å². The third-order valence-electron chi connectivity index (χ3n) is 2.69. The Morgan fingerprint density at radius 2 is 2.21 bits per heavy atom. The SMILES string of the molecule is OCCOCCCNCc1cc(Br)c2c(c1)OCO2. The third kappa shape index (κ3) is 4.35. The van der Waals surface area contributed by atoms with E-state index in [2.05, 4.69) is 21.2 Å². The highest BCUT2D eigenvalue weighted by Crippen LogP contribution is 2.39. The van der Waals surface area contributed by atoms with Crippen LogP contribution in [-0.2, 0) is 11.3 Å². The molecule has 6 heteroatoms. The van der Waals surface area contributed by atoms with Crippen LogP contribution in [-0.4, -0.2) is 38.3 Å². The summed E-state index contributed by atoms with van der Waals surface area (Å²) >= 11 is 3.47. The molecule has 1 aliphatic heterocycles. The Morgan fingerprint density at radius 1 is 1.32 bits per heavy atom. The molecule has 0 saturated carbocycles. The van der Waals surface area contributed by atoms with Gasteiger partial charge in [-0.05, 0) is 46.6 Å². The number of ether oxygens (including phenoxy) is 3. The summed E-state index contributed by atoms with van der Waals surface area (Å²) in [7, 11) is 0. The number of nitrogens with one attached hydrogen (secondary N) is 1. The summed E-state index contributed by atoms with van der Waals surface area (Å²) in [6, 6.07) is 4.02. The molecule has 1 aliphatic rings. The molecule has 2 N–H and O–H groups in total. The largest absolute Gasteiger partial charge is 0.454 e. The molecule has 0 atom stereocenters. The molecule has 19 heavy (non-hydrogen) atoms. The summed E-state index contributed by atoms with van der Waals surface area (Å²) < 4.78 is 16.8. The lowest BCUT2D eigenvalue weighted by atomic mass is 10.2.